The van der Waals surface area contributed by atoms with E-state index in [2.05, 4.69) is 0 Å². The van der Waals surface area contributed by atoms with Crippen molar-refractivity contribution in [1.82, 2.24) is 9.80 Å². The van der Waals surface area contributed by atoms with Crippen LogP contribution in [0, 0.1) is 0 Å². The van der Waals surface area contributed by atoms with Gasteiger partial charge in [-0.15, -0.1) is 0 Å². The molecule has 2 atom stereocenters. The molecule has 0 aromatic heterocycles. The minimum absolute atomic E-state index is 0.0626. The third-order valence-corrected chi connectivity index (χ3v) is 2.77. The van der Waals surface area contributed by atoms with Crippen LogP contribution in [0.1, 0.15) is 6.42 Å². The van der Waals surface area contributed by atoms with E-state index in [0.29, 0.717) is 13.2 Å². The van der Waals surface area contributed by atoms with Gasteiger partial charge in [0.1, 0.15) is 6.04 Å². The Morgan fingerprint density at radius 1 is 1.53 bits per heavy atom. The van der Waals surface area contributed by atoms with Gasteiger partial charge < -0.3 is 24.7 Å². The molecule has 7 heteroatoms. The maximum Gasteiger partial charge on any atom is 0.326 e. The molecule has 0 bridgehead atoms. The minimum Gasteiger partial charge on any atom is -0.480 e. The van der Waals surface area contributed by atoms with Gasteiger partial charge in [-0.05, 0) is 0 Å². The Kier molecular flexibility index (Phi) is 4.71. The third kappa shape index (κ3) is 3.31. The summed E-state index contributed by atoms with van der Waals surface area (Å²) in [7, 11) is 3.10. The Morgan fingerprint density at radius 3 is 2.71 bits per heavy atom. The van der Waals surface area contributed by atoms with Crippen molar-refractivity contribution in [2.75, 3.05) is 33.9 Å². The number of amides is 2. The van der Waals surface area contributed by atoms with Crippen molar-refractivity contribution in [3.63, 3.8) is 0 Å². The van der Waals surface area contributed by atoms with Crippen molar-refractivity contribution in [3.05, 3.63) is 0 Å². The van der Waals surface area contributed by atoms with Crippen LogP contribution >= 0.6 is 0 Å². The number of rotatable bonds is 4. The number of nitrogens with zero attached hydrogens (tertiary/aromatic N) is 2. The quantitative estimate of drug-likeness (QED) is 0.678. The van der Waals surface area contributed by atoms with E-state index in [-0.39, 0.29) is 13.0 Å². The molecule has 2 N–H and O–H groups in total. The monoisotopic (exact) mass is 246 g/mol. The molecule has 0 spiro atoms. The van der Waals surface area contributed by atoms with Gasteiger partial charge in [0.25, 0.3) is 0 Å². The number of hydrogen-bond donors (Lipinski definition) is 2. The molecule has 1 fully saturated rings. The molecule has 1 aliphatic heterocycles. The highest BCUT2D eigenvalue weighted by atomic mass is 16.5. The molecule has 1 saturated heterocycles. The predicted molar refractivity (Wildman–Crippen MR) is 58.7 cm³/mol. The minimum atomic E-state index is -1.09. The molecule has 0 aromatic rings. The largest absolute Gasteiger partial charge is 0.480 e. The Bertz CT molecular complexity index is 296. The van der Waals surface area contributed by atoms with Crippen molar-refractivity contribution in [2.45, 2.75) is 18.6 Å². The number of carbonyl (C=O) groups excluding carboxylic acids is 1. The van der Waals surface area contributed by atoms with Gasteiger partial charge in [-0.1, -0.05) is 0 Å². The number of likely N-dealkylation sites (N-methyl/N-ethyl adjacent to an activating group) is 1. The first kappa shape index (κ1) is 13.7. The number of carbonyl (C=O) groups is 2. The highest BCUT2D eigenvalue weighted by molar-refractivity contribution is 5.83. The van der Waals surface area contributed by atoms with Crippen LogP contribution in [0.4, 0.5) is 4.79 Å². The van der Waals surface area contributed by atoms with Gasteiger partial charge in [-0.3, -0.25) is 0 Å². The van der Waals surface area contributed by atoms with Gasteiger partial charge in [0.2, 0.25) is 0 Å². The number of hydrogen-bond acceptors (Lipinski definition) is 4. The lowest BCUT2D eigenvalue weighted by Gasteiger charge is -2.27. The van der Waals surface area contributed by atoms with Crippen molar-refractivity contribution in [2.24, 2.45) is 0 Å². The van der Waals surface area contributed by atoms with E-state index >= 15 is 0 Å². The number of carboxylic acids is 1. The van der Waals surface area contributed by atoms with E-state index in [0.717, 1.165) is 0 Å². The Morgan fingerprint density at radius 2 is 2.18 bits per heavy atom. The summed E-state index contributed by atoms with van der Waals surface area (Å²) in [5, 5.41) is 18.4. The number of likely N-dealkylation sites (tertiary alicyclic amines) is 1. The van der Waals surface area contributed by atoms with Crippen LogP contribution in [0.2, 0.25) is 0 Å². The highest BCUT2D eigenvalue weighted by Gasteiger charge is 2.39. The molecule has 2 amide bonds. The number of carboxylic acid groups (broad SMARTS) is 1. The zero-order valence-electron chi connectivity index (χ0n) is 10.00. The van der Waals surface area contributed by atoms with Crippen molar-refractivity contribution in [1.29, 1.82) is 0 Å². The fourth-order valence-electron chi connectivity index (χ4n) is 1.80. The van der Waals surface area contributed by atoms with Gasteiger partial charge in [-0.2, -0.15) is 0 Å². The van der Waals surface area contributed by atoms with Gasteiger partial charge in [0.15, 0.2) is 0 Å². The molecular weight excluding hydrogens is 228 g/mol. The third-order valence-electron chi connectivity index (χ3n) is 2.77. The van der Waals surface area contributed by atoms with E-state index < -0.39 is 24.1 Å². The maximum absolute atomic E-state index is 11.9. The van der Waals surface area contributed by atoms with Crippen LogP contribution in [-0.4, -0.2) is 78.0 Å². The lowest BCUT2D eigenvalue weighted by molar-refractivity contribution is -0.141. The number of ether oxygens (including phenoxy) is 1. The van der Waals surface area contributed by atoms with E-state index in [9.17, 15) is 14.7 Å². The summed E-state index contributed by atoms with van der Waals surface area (Å²) >= 11 is 0. The molecule has 0 saturated carbocycles. The lowest BCUT2D eigenvalue weighted by atomic mass is 10.2. The fourth-order valence-corrected chi connectivity index (χ4v) is 1.80. The second-order valence-corrected chi connectivity index (χ2v) is 4.09. The molecule has 0 aliphatic carbocycles. The van der Waals surface area contributed by atoms with E-state index in [1.165, 1.54) is 16.9 Å². The smallest absolute Gasteiger partial charge is 0.326 e. The zero-order valence-corrected chi connectivity index (χ0v) is 10.00. The maximum atomic E-state index is 11.9. The van der Waals surface area contributed by atoms with Crippen LogP contribution in [0.15, 0.2) is 0 Å². The van der Waals surface area contributed by atoms with E-state index in [4.69, 9.17) is 9.84 Å². The van der Waals surface area contributed by atoms with Crippen molar-refractivity contribution >= 4 is 12.0 Å². The number of aliphatic carboxylic acids is 1. The summed E-state index contributed by atoms with van der Waals surface area (Å²) in [5.41, 5.74) is 0. The topological polar surface area (TPSA) is 90.3 Å². The predicted octanol–water partition coefficient (Wildman–Crippen LogP) is -0.796. The highest BCUT2D eigenvalue weighted by Crippen LogP contribution is 2.19. The van der Waals surface area contributed by atoms with Gasteiger partial charge in [-0.25, -0.2) is 9.59 Å². The molecule has 1 aliphatic rings. The normalized spacial score (nSPS) is 23.8. The van der Waals surface area contributed by atoms with Gasteiger partial charge in [0.05, 0.1) is 12.7 Å². The summed E-state index contributed by atoms with van der Waals surface area (Å²) in [5.74, 6) is -1.09. The summed E-state index contributed by atoms with van der Waals surface area (Å²) < 4.78 is 4.84. The Balaban J connectivity index is 2.63. The second-order valence-electron chi connectivity index (χ2n) is 4.09. The van der Waals surface area contributed by atoms with Crippen LogP contribution in [0.25, 0.3) is 0 Å². The average molecular weight is 246 g/mol. The van der Waals surface area contributed by atoms with Crippen LogP contribution < -0.4 is 0 Å². The van der Waals surface area contributed by atoms with E-state index in [1.807, 2.05) is 0 Å². The number of β-amino-alcohol motifs (C(OH)–C–C–N with tert-alkyl or cyclic N) is 1. The first-order valence-corrected chi connectivity index (χ1v) is 5.39. The number of urea groups is 1. The average Bonchev–Trinajstić information content (AvgIpc) is 2.67. The van der Waals surface area contributed by atoms with Crippen molar-refractivity contribution < 1.29 is 24.5 Å². The first-order valence-electron chi connectivity index (χ1n) is 5.39. The Labute approximate surface area is 99.6 Å². The Hall–Kier alpha value is -1.34. The molecule has 7 nitrogen and oxygen atoms in total. The SMILES string of the molecule is COCCN(C)C(=O)N1C[C@@H](O)C[C@H]1C(=O)O. The molecule has 1 heterocycles. The van der Waals surface area contributed by atoms with Crippen molar-refractivity contribution in [3.8, 4) is 0 Å². The zero-order chi connectivity index (χ0) is 13.0. The molecule has 98 valence electrons. The standard InChI is InChI=1S/C10H18N2O5/c1-11(3-4-17-2)10(16)12-6-7(13)5-8(12)9(14)15/h7-8,13H,3-6H2,1-2H3,(H,14,15)/t7-,8-/m0/s1. The van der Waals surface area contributed by atoms with E-state index in [1.54, 1.807) is 7.05 Å². The number of aliphatic hydroxyl groups excluding tert-OH is 1. The molecule has 0 unspecified atom stereocenters. The number of aliphatic hydroxyl groups is 1. The van der Waals surface area contributed by atoms with Gasteiger partial charge >= 0.3 is 12.0 Å². The molecule has 1 rings (SSSR count). The second kappa shape index (κ2) is 5.83. The summed E-state index contributed by atoms with van der Waals surface area (Å²) in [6.07, 6.45) is -0.685. The van der Waals surface area contributed by atoms with Gasteiger partial charge in [0, 0.05) is 33.7 Å². The van der Waals surface area contributed by atoms with Crippen LogP contribution in [-0.2, 0) is 9.53 Å². The fraction of sp³-hybridized carbons (Fsp3) is 0.800. The molecule has 0 aromatic carbocycles. The summed E-state index contributed by atoms with van der Waals surface area (Å²) in [6.45, 7) is 0.831. The number of methoxy groups -OCH3 is 1. The molecular formula is C10H18N2O5. The summed E-state index contributed by atoms with van der Waals surface area (Å²) in [4.78, 5) is 25.5. The lowest BCUT2D eigenvalue weighted by Crippen LogP contribution is -2.47. The van der Waals surface area contributed by atoms with Crippen LogP contribution in [0.3, 0.4) is 0 Å². The summed E-state index contributed by atoms with van der Waals surface area (Å²) in [6, 6.07) is -1.34. The molecule has 17 heavy (non-hydrogen) atoms. The molecule has 0 radical (unpaired) electrons. The van der Waals surface area contributed by atoms with Crippen LogP contribution in [0.5, 0.6) is 0 Å². The first-order chi connectivity index (χ1) is 7.97.